The number of furan rings is 1. The summed E-state index contributed by atoms with van der Waals surface area (Å²) in [6, 6.07) is 10.6. The molecule has 0 amide bonds. The van der Waals surface area contributed by atoms with Gasteiger partial charge in [-0.2, -0.15) is 0 Å². The summed E-state index contributed by atoms with van der Waals surface area (Å²) in [7, 11) is 0. The Bertz CT molecular complexity index is 541. The predicted octanol–water partition coefficient (Wildman–Crippen LogP) is 3.97. The van der Waals surface area contributed by atoms with Gasteiger partial charge in [0.25, 0.3) is 0 Å². The minimum absolute atomic E-state index is 0.464. The van der Waals surface area contributed by atoms with E-state index in [0.29, 0.717) is 12.6 Å². The second-order valence-electron chi connectivity index (χ2n) is 5.43. The van der Waals surface area contributed by atoms with Crippen molar-refractivity contribution in [3.05, 3.63) is 53.0 Å². The van der Waals surface area contributed by atoms with Crippen molar-refractivity contribution in [3.8, 4) is 5.75 Å². The second kappa shape index (κ2) is 6.62. The van der Waals surface area contributed by atoms with Crippen molar-refractivity contribution in [1.29, 1.82) is 0 Å². The maximum atomic E-state index is 5.73. The highest BCUT2D eigenvalue weighted by Gasteiger charge is 2.08. The van der Waals surface area contributed by atoms with Crippen LogP contribution in [0.1, 0.15) is 36.5 Å². The first kappa shape index (κ1) is 14.7. The number of nitrogens with one attached hydrogen (secondary N) is 1. The van der Waals surface area contributed by atoms with Gasteiger partial charge in [0.05, 0.1) is 0 Å². The Balaban J connectivity index is 1.93. The third-order valence-electron chi connectivity index (χ3n) is 3.17. The lowest BCUT2D eigenvalue weighted by molar-refractivity contribution is 0.267. The van der Waals surface area contributed by atoms with Gasteiger partial charge in [-0.3, -0.25) is 0 Å². The SMILES string of the molecule is Cc1ccc(OCc2cc(CNC(C)C)c(C)o2)cc1. The summed E-state index contributed by atoms with van der Waals surface area (Å²) < 4.78 is 11.5. The van der Waals surface area contributed by atoms with Crippen LogP contribution in [0.4, 0.5) is 0 Å². The normalized spacial score (nSPS) is 11.1. The molecule has 0 atom stereocenters. The topological polar surface area (TPSA) is 34.4 Å². The van der Waals surface area contributed by atoms with Gasteiger partial charge in [0, 0.05) is 18.2 Å². The molecule has 3 nitrogen and oxygen atoms in total. The zero-order valence-electron chi connectivity index (χ0n) is 12.7. The maximum absolute atomic E-state index is 5.73. The molecule has 0 fully saturated rings. The summed E-state index contributed by atoms with van der Waals surface area (Å²) in [5.41, 5.74) is 2.43. The molecule has 1 N–H and O–H groups in total. The van der Waals surface area contributed by atoms with Crippen LogP contribution in [0.25, 0.3) is 0 Å². The van der Waals surface area contributed by atoms with E-state index < -0.39 is 0 Å². The Morgan fingerprint density at radius 3 is 2.50 bits per heavy atom. The molecule has 0 radical (unpaired) electrons. The van der Waals surface area contributed by atoms with E-state index in [4.69, 9.17) is 9.15 Å². The van der Waals surface area contributed by atoms with E-state index in [1.807, 2.05) is 31.2 Å². The number of rotatable bonds is 6. The first-order valence-electron chi connectivity index (χ1n) is 7.05. The van der Waals surface area contributed by atoms with Crippen LogP contribution >= 0.6 is 0 Å². The van der Waals surface area contributed by atoms with Crippen molar-refractivity contribution < 1.29 is 9.15 Å². The van der Waals surface area contributed by atoms with Crippen molar-refractivity contribution in [1.82, 2.24) is 5.32 Å². The van der Waals surface area contributed by atoms with Gasteiger partial charge < -0.3 is 14.5 Å². The third-order valence-corrected chi connectivity index (χ3v) is 3.17. The Labute approximate surface area is 121 Å². The van der Waals surface area contributed by atoms with Gasteiger partial charge in [0.2, 0.25) is 0 Å². The lowest BCUT2D eigenvalue weighted by Crippen LogP contribution is -2.21. The summed E-state index contributed by atoms with van der Waals surface area (Å²) in [6.07, 6.45) is 0. The minimum atomic E-state index is 0.464. The van der Waals surface area contributed by atoms with Crippen LogP contribution < -0.4 is 10.1 Å². The average Bonchev–Trinajstić information content (AvgIpc) is 2.76. The number of aryl methyl sites for hydroxylation is 2. The average molecular weight is 273 g/mol. The fraction of sp³-hybridized carbons (Fsp3) is 0.412. The summed E-state index contributed by atoms with van der Waals surface area (Å²) in [4.78, 5) is 0. The van der Waals surface area contributed by atoms with Crippen LogP contribution in [0.2, 0.25) is 0 Å². The molecule has 0 saturated carbocycles. The molecular weight excluding hydrogens is 250 g/mol. The molecule has 2 aromatic rings. The molecule has 3 heteroatoms. The van der Waals surface area contributed by atoms with Gasteiger partial charge in [0.1, 0.15) is 23.9 Å². The monoisotopic (exact) mass is 273 g/mol. The highest BCUT2D eigenvalue weighted by atomic mass is 16.5. The van der Waals surface area contributed by atoms with E-state index >= 15 is 0 Å². The Hall–Kier alpha value is -1.74. The molecule has 0 spiro atoms. The highest BCUT2D eigenvalue weighted by molar-refractivity contribution is 5.27. The Morgan fingerprint density at radius 1 is 1.15 bits per heavy atom. The summed E-state index contributed by atoms with van der Waals surface area (Å²) in [5.74, 6) is 2.69. The molecule has 0 aliphatic carbocycles. The van der Waals surface area contributed by atoms with E-state index in [9.17, 15) is 0 Å². The largest absolute Gasteiger partial charge is 0.486 e. The lowest BCUT2D eigenvalue weighted by atomic mass is 10.2. The van der Waals surface area contributed by atoms with Gasteiger partial charge in [-0.05, 0) is 32.0 Å². The van der Waals surface area contributed by atoms with Crippen LogP contribution in [0.15, 0.2) is 34.7 Å². The molecule has 0 unspecified atom stereocenters. The van der Waals surface area contributed by atoms with Crippen molar-refractivity contribution in [3.63, 3.8) is 0 Å². The van der Waals surface area contributed by atoms with Crippen LogP contribution in [-0.4, -0.2) is 6.04 Å². The van der Waals surface area contributed by atoms with Gasteiger partial charge in [-0.25, -0.2) is 0 Å². The summed E-state index contributed by atoms with van der Waals surface area (Å²) in [5, 5.41) is 3.40. The lowest BCUT2D eigenvalue weighted by Gasteiger charge is -2.06. The Morgan fingerprint density at radius 2 is 1.85 bits per heavy atom. The predicted molar refractivity (Wildman–Crippen MR) is 80.9 cm³/mol. The fourth-order valence-electron chi connectivity index (χ4n) is 1.94. The first-order chi connectivity index (χ1) is 9.54. The van der Waals surface area contributed by atoms with Crippen molar-refractivity contribution in [2.75, 3.05) is 0 Å². The maximum Gasteiger partial charge on any atom is 0.146 e. The van der Waals surface area contributed by atoms with E-state index in [1.54, 1.807) is 0 Å². The number of hydrogen-bond donors (Lipinski definition) is 1. The standard InChI is InChI=1S/C17H23NO2/c1-12(2)18-10-15-9-17(20-14(15)4)11-19-16-7-5-13(3)6-8-16/h5-9,12,18H,10-11H2,1-4H3. The smallest absolute Gasteiger partial charge is 0.146 e. The van der Waals surface area contributed by atoms with Crippen LogP contribution in [0.3, 0.4) is 0 Å². The number of hydrogen-bond acceptors (Lipinski definition) is 3. The molecule has 20 heavy (non-hydrogen) atoms. The molecule has 0 aliphatic rings. The zero-order chi connectivity index (χ0) is 14.5. The first-order valence-corrected chi connectivity index (χ1v) is 7.05. The molecule has 108 valence electrons. The molecule has 1 aromatic carbocycles. The van der Waals surface area contributed by atoms with Crippen LogP contribution in [-0.2, 0) is 13.2 Å². The van der Waals surface area contributed by atoms with Crippen LogP contribution in [0, 0.1) is 13.8 Å². The van der Waals surface area contributed by atoms with Gasteiger partial charge in [-0.15, -0.1) is 0 Å². The molecule has 2 rings (SSSR count). The fourth-order valence-corrected chi connectivity index (χ4v) is 1.94. The van der Waals surface area contributed by atoms with Crippen LogP contribution in [0.5, 0.6) is 5.75 Å². The van der Waals surface area contributed by atoms with E-state index in [-0.39, 0.29) is 0 Å². The van der Waals surface area contributed by atoms with E-state index in [2.05, 4.69) is 32.2 Å². The van der Waals surface area contributed by atoms with Gasteiger partial charge in [-0.1, -0.05) is 31.5 Å². The molecule has 0 saturated heterocycles. The minimum Gasteiger partial charge on any atom is -0.486 e. The molecular formula is C17H23NO2. The second-order valence-corrected chi connectivity index (χ2v) is 5.43. The third kappa shape index (κ3) is 4.14. The summed E-state index contributed by atoms with van der Waals surface area (Å²) in [6.45, 7) is 9.62. The number of ether oxygens (including phenoxy) is 1. The zero-order valence-corrected chi connectivity index (χ0v) is 12.7. The van der Waals surface area contributed by atoms with Crippen molar-refractivity contribution >= 4 is 0 Å². The van der Waals surface area contributed by atoms with E-state index in [1.165, 1.54) is 11.1 Å². The summed E-state index contributed by atoms with van der Waals surface area (Å²) >= 11 is 0. The molecule has 0 aliphatic heterocycles. The van der Waals surface area contributed by atoms with Gasteiger partial charge >= 0.3 is 0 Å². The quantitative estimate of drug-likeness (QED) is 0.864. The molecule has 1 aromatic heterocycles. The van der Waals surface area contributed by atoms with Crippen molar-refractivity contribution in [2.24, 2.45) is 0 Å². The molecule has 0 bridgehead atoms. The molecule has 1 heterocycles. The van der Waals surface area contributed by atoms with E-state index in [0.717, 1.165) is 23.8 Å². The Kier molecular flexibility index (Phi) is 4.85. The number of benzene rings is 1. The highest BCUT2D eigenvalue weighted by Crippen LogP contribution is 2.18. The van der Waals surface area contributed by atoms with Gasteiger partial charge in [0.15, 0.2) is 0 Å². The van der Waals surface area contributed by atoms with Crippen molar-refractivity contribution in [2.45, 2.75) is 46.9 Å².